The highest BCUT2D eigenvalue weighted by molar-refractivity contribution is 5.53. The van der Waals surface area contributed by atoms with Gasteiger partial charge in [0, 0.05) is 11.8 Å². The number of anilines is 1. The summed E-state index contributed by atoms with van der Waals surface area (Å²) in [6, 6.07) is 9.92. The van der Waals surface area contributed by atoms with Gasteiger partial charge >= 0.3 is 0 Å². The minimum atomic E-state index is -0.299. The van der Waals surface area contributed by atoms with Crippen LogP contribution in [0.25, 0.3) is 0 Å². The highest BCUT2D eigenvalue weighted by atomic mass is 19.1. The van der Waals surface area contributed by atoms with Crippen molar-refractivity contribution in [2.75, 3.05) is 11.9 Å². The molecule has 4 nitrogen and oxygen atoms in total. The highest BCUT2D eigenvalue weighted by Gasteiger charge is 2.21. The monoisotopic (exact) mass is 283 g/mol. The number of nitrogens with one attached hydrogen (secondary N) is 1. The molecule has 1 N–H and O–H groups in total. The molecule has 106 valence electrons. The van der Waals surface area contributed by atoms with Gasteiger partial charge in [0.25, 0.3) is 0 Å². The predicted molar refractivity (Wildman–Crippen MR) is 76.4 cm³/mol. The third-order valence-corrected chi connectivity index (χ3v) is 3.48. The maximum Gasteiger partial charge on any atom is 0.144 e. The lowest BCUT2D eigenvalue weighted by atomic mass is 10.0. The summed E-state index contributed by atoms with van der Waals surface area (Å²) in [7, 11) is 0. The van der Waals surface area contributed by atoms with Crippen LogP contribution in [0.5, 0.6) is 5.75 Å². The number of nitriles is 1. The van der Waals surface area contributed by atoms with Crippen LogP contribution < -0.4 is 10.1 Å². The fourth-order valence-electron chi connectivity index (χ4n) is 2.47. The molecule has 0 saturated heterocycles. The molecule has 0 bridgehead atoms. The largest absolute Gasteiger partial charge is 0.493 e. The zero-order chi connectivity index (χ0) is 14.7. The molecular weight excluding hydrogens is 269 g/mol. The quantitative estimate of drug-likeness (QED) is 0.917. The normalized spacial score (nSPS) is 17.0. The van der Waals surface area contributed by atoms with E-state index in [0.717, 1.165) is 18.4 Å². The number of hydrogen-bond donors (Lipinski definition) is 1. The molecule has 21 heavy (non-hydrogen) atoms. The van der Waals surface area contributed by atoms with E-state index in [2.05, 4.69) is 16.4 Å². The van der Waals surface area contributed by atoms with Crippen molar-refractivity contribution in [2.24, 2.45) is 0 Å². The number of halogens is 1. The van der Waals surface area contributed by atoms with E-state index in [4.69, 9.17) is 10.00 Å². The predicted octanol–water partition coefficient (Wildman–Crippen LogP) is 3.42. The first-order chi connectivity index (χ1) is 10.3. The van der Waals surface area contributed by atoms with Crippen LogP contribution in [0.3, 0.4) is 0 Å². The summed E-state index contributed by atoms with van der Waals surface area (Å²) in [4.78, 5) is 4.20. The van der Waals surface area contributed by atoms with Crippen molar-refractivity contribution in [3.63, 3.8) is 0 Å². The first kappa shape index (κ1) is 13.4. The molecule has 1 aliphatic heterocycles. The van der Waals surface area contributed by atoms with Gasteiger partial charge in [-0.3, -0.25) is 0 Å². The van der Waals surface area contributed by atoms with Crippen molar-refractivity contribution in [1.82, 2.24) is 4.98 Å². The average molecular weight is 283 g/mol. The summed E-state index contributed by atoms with van der Waals surface area (Å²) in [5.41, 5.74) is 1.24. The van der Waals surface area contributed by atoms with Crippen molar-refractivity contribution in [1.29, 1.82) is 5.26 Å². The molecule has 2 heterocycles. The molecule has 1 atom stereocenters. The summed E-state index contributed by atoms with van der Waals surface area (Å²) < 4.78 is 19.2. The third-order valence-electron chi connectivity index (χ3n) is 3.48. The molecule has 0 amide bonds. The van der Waals surface area contributed by atoms with Gasteiger partial charge in [0.05, 0.1) is 18.2 Å². The van der Waals surface area contributed by atoms with Crippen molar-refractivity contribution >= 4 is 5.82 Å². The summed E-state index contributed by atoms with van der Waals surface area (Å²) in [5.74, 6) is 0.899. The number of benzene rings is 1. The molecule has 0 spiro atoms. The van der Waals surface area contributed by atoms with Gasteiger partial charge in [-0.2, -0.15) is 5.26 Å². The number of fused-ring (bicyclic) bond motifs is 1. The van der Waals surface area contributed by atoms with Gasteiger partial charge in [-0.15, -0.1) is 0 Å². The van der Waals surface area contributed by atoms with Crippen molar-refractivity contribution in [3.8, 4) is 11.8 Å². The smallest absolute Gasteiger partial charge is 0.144 e. The van der Waals surface area contributed by atoms with Gasteiger partial charge in [-0.25, -0.2) is 9.37 Å². The standard InChI is InChI=1S/C16H14FN3O/c17-12-5-6-15-13(9-12)14(4-2-8-21-15)20-16-11(10-18)3-1-7-19-16/h1,3,5-7,9,14H,2,4,8H2,(H,19,20)/t14-/m0/s1. The maximum atomic E-state index is 13.5. The second kappa shape index (κ2) is 5.80. The van der Waals surface area contributed by atoms with Crippen LogP contribution in [-0.4, -0.2) is 11.6 Å². The molecule has 0 fully saturated rings. The van der Waals surface area contributed by atoms with Crippen LogP contribution in [0.4, 0.5) is 10.2 Å². The van der Waals surface area contributed by atoms with Gasteiger partial charge in [0.1, 0.15) is 23.5 Å². The molecule has 1 aromatic heterocycles. The Bertz CT molecular complexity index is 696. The van der Waals surface area contributed by atoms with E-state index in [1.807, 2.05) is 0 Å². The molecule has 0 unspecified atom stereocenters. The second-order valence-electron chi connectivity index (χ2n) is 4.88. The fraction of sp³-hybridized carbons (Fsp3) is 0.250. The summed E-state index contributed by atoms with van der Waals surface area (Å²) in [5, 5.41) is 12.4. The van der Waals surface area contributed by atoms with Gasteiger partial charge in [-0.1, -0.05) is 0 Å². The Kier molecular flexibility index (Phi) is 3.69. The first-order valence-electron chi connectivity index (χ1n) is 6.82. The topological polar surface area (TPSA) is 57.9 Å². The first-order valence-corrected chi connectivity index (χ1v) is 6.82. The SMILES string of the molecule is N#Cc1cccnc1N[C@H]1CCCOc2ccc(F)cc21. The zero-order valence-corrected chi connectivity index (χ0v) is 11.3. The molecular formula is C16H14FN3O. The summed E-state index contributed by atoms with van der Waals surface area (Å²) >= 11 is 0. The Labute approximate surface area is 122 Å². The van der Waals surface area contributed by atoms with E-state index in [1.165, 1.54) is 12.1 Å². The molecule has 1 aliphatic rings. The van der Waals surface area contributed by atoms with E-state index in [0.29, 0.717) is 23.7 Å². The van der Waals surface area contributed by atoms with Crippen LogP contribution in [0.2, 0.25) is 0 Å². The minimum absolute atomic E-state index is 0.125. The molecule has 1 aromatic carbocycles. The van der Waals surface area contributed by atoms with Gasteiger partial charge in [0.2, 0.25) is 0 Å². The molecule has 5 heteroatoms. The highest BCUT2D eigenvalue weighted by Crippen LogP contribution is 2.34. The van der Waals surface area contributed by atoms with Crippen molar-refractivity contribution in [2.45, 2.75) is 18.9 Å². The Morgan fingerprint density at radius 2 is 2.29 bits per heavy atom. The van der Waals surface area contributed by atoms with Gasteiger partial charge in [-0.05, 0) is 43.2 Å². The number of pyridine rings is 1. The van der Waals surface area contributed by atoms with Gasteiger partial charge < -0.3 is 10.1 Å². The minimum Gasteiger partial charge on any atom is -0.493 e. The molecule has 0 radical (unpaired) electrons. The Morgan fingerprint density at radius 3 is 3.14 bits per heavy atom. The second-order valence-corrected chi connectivity index (χ2v) is 4.88. The van der Waals surface area contributed by atoms with Crippen molar-refractivity contribution in [3.05, 3.63) is 53.5 Å². The summed E-state index contributed by atoms with van der Waals surface area (Å²) in [6.07, 6.45) is 3.27. The van der Waals surface area contributed by atoms with Crippen LogP contribution >= 0.6 is 0 Å². The van der Waals surface area contributed by atoms with Crippen LogP contribution in [0.1, 0.15) is 30.0 Å². The average Bonchev–Trinajstić information content (AvgIpc) is 2.70. The molecule has 2 aromatic rings. The third kappa shape index (κ3) is 2.79. The van der Waals surface area contributed by atoms with Crippen LogP contribution in [-0.2, 0) is 0 Å². The summed E-state index contributed by atoms with van der Waals surface area (Å²) in [6.45, 7) is 0.601. The number of hydrogen-bond acceptors (Lipinski definition) is 4. The number of nitrogens with zero attached hydrogens (tertiary/aromatic N) is 2. The lowest BCUT2D eigenvalue weighted by molar-refractivity contribution is 0.316. The number of rotatable bonds is 2. The van der Waals surface area contributed by atoms with E-state index < -0.39 is 0 Å². The van der Waals surface area contributed by atoms with Gasteiger partial charge in [0.15, 0.2) is 0 Å². The Morgan fingerprint density at radius 1 is 1.38 bits per heavy atom. The fourth-order valence-corrected chi connectivity index (χ4v) is 2.47. The Balaban J connectivity index is 1.96. The van der Waals surface area contributed by atoms with E-state index in [-0.39, 0.29) is 11.9 Å². The van der Waals surface area contributed by atoms with E-state index in [9.17, 15) is 4.39 Å². The number of ether oxygens (including phenoxy) is 1. The maximum absolute atomic E-state index is 13.5. The van der Waals surface area contributed by atoms with Crippen molar-refractivity contribution < 1.29 is 9.13 Å². The lowest BCUT2D eigenvalue weighted by Gasteiger charge is -2.19. The van der Waals surface area contributed by atoms with E-state index >= 15 is 0 Å². The van der Waals surface area contributed by atoms with E-state index in [1.54, 1.807) is 24.4 Å². The van der Waals surface area contributed by atoms with Crippen LogP contribution in [0.15, 0.2) is 36.5 Å². The molecule has 0 aliphatic carbocycles. The van der Waals surface area contributed by atoms with Crippen LogP contribution in [0, 0.1) is 17.1 Å². The lowest BCUT2D eigenvalue weighted by Crippen LogP contribution is -2.12. The molecule has 3 rings (SSSR count). The number of aromatic nitrogens is 1. The Hall–Kier alpha value is -2.61. The molecule has 0 saturated carbocycles. The zero-order valence-electron chi connectivity index (χ0n) is 11.3.